The van der Waals surface area contributed by atoms with Crippen molar-refractivity contribution in [1.82, 2.24) is 9.21 Å². The first-order chi connectivity index (χ1) is 16.1. The summed E-state index contributed by atoms with van der Waals surface area (Å²) in [5.74, 6) is 0.395. The molecular formula is C24H35IN4O4S. The van der Waals surface area contributed by atoms with Crippen molar-refractivity contribution in [1.29, 1.82) is 0 Å². The van der Waals surface area contributed by atoms with Gasteiger partial charge in [-0.05, 0) is 68.5 Å². The molecule has 188 valence electrons. The van der Waals surface area contributed by atoms with Crippen LogP contribution in [-0.4, -0.2) is 70.9 Å². The average Bonchev–Trinajstić information content (AvgIpc) is 2.79. The highest BCUT2D eigenvalue weighted by Crippen LogP contribution is 2.30. The Hall–Kier alpha value is -1.89. The third-order valence-corrected chi connectivity index (χ3v) is 8.34. The summed E-state index contributed by atoms with van der Waals surface area (Å²) in [4.78, 5) is 14.9. The van der Waals surface area contributed by atoms with Gasteiger partial charge in [0.15, 0.2) is 0 Å². The van der Waals surface area contributed by atoms with Crippen molar-refractivity contribution >= 4 is 49.9 Å². The zero-order valence-corrected chi connectivity index (χ0v) is 23.5. The fourth-order valence-electron chi connectivity index (χ4n) is 3.52. The zero-order chi connectivity index (χ0) is 25.3. The van der Waals surface area contributed by atoms with Crippen molar-refractivity contribution in [2.75, 3.05) is 58.0 Å². The molecule has 2 aromatic rings. The third kappa shape index (κ3) is 7.82. The summed E-state index contributed by atoms with van der Waals surface area (Å²) in [5, 5.41) is 6.17. The summed E-state index contributed by atoms with van der Waals surface area (Å²) in [7, 11) is 1.84. The Labute approximate surface area is 217 Å². The van der Waals surface area contributed by atoms with Crippen LogP contribution in [0.3, 0.4) is 0 Å². The molecule has 1 amide bonds. The van der Waals surface area contributed by atoms with Gasteiger partial charge in [-0.2, -0.15) is 4.31 Å². The Balaban J connectivity index is 2.03. The molecule has 8 nitrogen and oxygen atoms in total. The van der Waals surface area contributed by atoms with Crippen molar-refractivity contribution in [2.24, 2.45) is 0 Å². The number of alkyl halides is 1. The minimum Gasteiger partial charge on any atom is -0.497 e. The lowest BCUT2D eigenvalue weighted by Crippen LogP contribution is -2.34. The van der Waals surface area contributed by atoms with Gasteiger partial charge in [0, 0.05) is 48.4 Å². The number of hydrogen-bond donors (Lipinski definition) is 2. The number of carbonyl (C=O) groups is 1. The first-order valence-corrected chi connectivity index (χ1v) is 14.1. The largest absolute Gasteiger partial charge is 0.497 e. The molecule has 0 aliphatic heterocycles. The zero-order valence-electron chi connectivity index (χ0n) is 20.5. The van der Waals surface area contributed by atoms with E-state index in [1.54, 1.807) is 33.1 Å². The molecule has 0 spiro atoms. The number of amides is 1. The minimum atomic E-state index is -3.76. The molecule has 0 bridgehead atoms. The highest BCUT2D eigenvalue weighted by Gasteiger charge is 2.28. The van der Waals surface area contributed by atoms with E-state index in [0.29, 0.717) is 31.9 Å². The lowest BCUT2D eigenvalue weighted by Gasteiger charge is -2.23. The van der Waals surface area contributed by atoms with Crippen LogP contribution in [0.5, 0.6) is 5.75 Å². The van der Waals surface area contributed by atoms with Crippen LogP contribution in [0.4, 0.5) is 11.4 Å². The summed E-state index contributed by atoms with van der Waals surface area (Å²) in [6.45, 7) is 5.67. The van der Waals surface area contributed by atoms with Gasteiger partial charge in [-0.3, -0.25) is 4.79 Å². The first-order valence-electron chi connectivity index (χ1n) is 11.1. The number of ether oxygens (including phenoxy) is 1. The number of methoxy groups -OCH3 is 1. The standard InChI is InChI=1S/C24H35IN4O4S/c1-6-29(34(31,32)24-18(2)15-22(33-5)16-19(24)17-25)13-11-23(30)27-21-9-7-20(8-10-21)26-12-14-28(3)4/h7-10,15-16,26H,6,11-14,17H2,1-5H3,(H,27,30). The van der Waals surface area contributed by atoms with Crippen LogP contribution >= 0.6 is 22.6 Å². The molecule has 2 N–H and O–H groups in total. The van der Waals surface area contributed by atoms with Crippen molar-refractivity contribution < 1.29 is 17.9 Å². The lowest BCUT2D eigenvalue weighted by atomic mass is 10.1. The number of anilines is 2. The number of aryl methyl sites for hydroxylation is 1. The second-order valence-corrected chi connectivity index (χ2v) is 10.8. The molecule has 0 saturated heterocycles. The molecule has 0 radical (unpaired) electrons. The van der Waals surface area contributed by atoms with E-state index >= 15 is 0 Å². The molecule has 0 saturated carbocycles. The van der Waals surface area contributed by atoms with E-state index < -0.39 is 10.0 Å². The van der Waals surface area contributed by atoms with E-state index in [2.05, 4.69) is 38.1 Å². The molecule has 10 heteroatoms. The van der Waals surface area contributed by atoms with Gasteiger partial charge < -0.3 is 20.3 Å². The molecule has 2 aromatic carbocycles. The maximum Gasteiger partial charge on any atom is 0.243 e. The lowest BCUT2D eigenvalue weighted by molar-refractivity contribution is -0.116. The van der Waals surface area contributed by atoms with E-state index in [1.165, 1.54) is 4.31 Å². The number of hydrogen-bond acceptors (Lipinski definition) is 6. The molecule has 0 heterocycles. The minimum absolute atomic E-state index is 0.0602. The van der Waals surface area contributed by atoms with Gasteiger partial charge in [-0.25, -0.2) is 8.42 Å². The molecule has 34 heavy (non-hydrogen) atoms. The van der Waals surface area contributed by atoms with Crippen molar-refractivity contribution in [3.8, 4) is 5.75 Å². The average molecular weight is 603 g/mol. The molecule has 0 aliphatic carbocycles. The normalized spacial score (nSPS) is 11.6. The Bertz CT molecular complexity index is 1060. The Morgan fingerprint density at radius 1 is 1.09 bits per heavy atom. The van der Waals surface area contributed by atoms with E-state index in [1.807, 2.05) is 38.4 Å². The summed E-state index contributed by atoms with van der Waals surface area (Å²) in [5.41, 5.74) is 2.98. The second kappa shape index (κ2) is 13.3. The van der Waals surface area contributed by atoms with Crippen molar-refractivity contribution in [2.45, 2.75) is 29.6 Å². The SMILES string of the molecule is CCN(CCC(=O)Nc1ccc(NCCN(C)C)cc1)S(=O)(=O)c1c(C)cc(OC)cc1CI. The van der Waals surface area contributed by atoms with Crippen molar-refractivity contribution in [3.05, 3.63) is 47.5 Å². The van der Waals surface area contributed by atoms with E-state index in [0.717, 1.165) is 18.8 Å². The van der Waals surface area contributed by atoms with Gasteiger partial charge in [0.2, 0.25) is 15.9 Å². The number of nitrogens with one attached hydrogen (secondary N) is 2. The van der Waals surface area contributed by atoms with Crippen LogP contribution in [0, 0.1) is 6.92 Å². The Morgan fingerprint density at radius 2 is 1.74 bits per heavy atom. The third-order valence-electron chi connectivity index (χ3n) is 5.30. The van der Waals surface area contributed by atoms with E-state index in [4.69, 9.17) is 4.74 Å². The van der Waals surface area contributed by atoms with Crippen LogP contribution in [-0.2, 0) is 19.2 Å². The van der Waals surface area contributed by atoms with Gasteiger partial charge >= 0.3 is 0 Å². The summed E-state index contributed by atoms with van der Waals surface area (Å²) in [6.07, 6.45) is 0.0602. The van der Waals surface area contributed by atoms with Gasteiger partial charge in [0.1, 0.15) is 5.75 Å². The fourth-order valence-corrected chi connectivity index (χ4v) is 6.24. The molecule has 0 fully saturated rings. The molecule has 0 aliphatic rings. The van der Waals surface area contributed by atoms with Crippen LogP contribution in [0.25, 0.3) is 0 Å². The Morgan fingerprint density at radius 3 is 2.29 bits per heavy atom. The van der Waals surface area contributed by atoms with Crippen LogP contribution in [0.1, 0.15) is 24.5 Å². The molecular weight excluding hydrogens is 567 g/mol. The van der Waals surface area contributed by atoms with E-state index in [-0.39, 0.29) is 25.4 Å². The maximum absolute atomic E-state index is 13.4. The number of likely N-dealkylation sites (N-methyl/N-ethyl adjacent to an activating group) is 1. The van der Waals surface area contributed by atoms with E-state index in [9.17, 15) is 13.2 Å². The molecule has 0 aromatic heterocycles. The number of benzene rings is 2. The first kappa shape index (κ1) is 28.3. The predicted octanol–water partition coefficient (Wildman–Crippen LogP) is 3.95. The predicted molar refractivity (Wildman–Crippen MR) is 147 cm³/mol. The summed E-state index contributed by atoms with van der Waals surface area (Å²) in [6, 6.07) is 11.0. The highest BCUT2D eigenvalue weighted by atomic mass is 127. The van der Waals surface area contributed by atoms with Gasteiger partial charge in [0.05, 0.1) is 12.0 Å². The van der Waals surface area contributed by atoms with Gasteiger partial charge in [0.25, 0.3) is 0 Å². The number of carbonyl (C=O) groups excluding carboxylic acids is 1. The molecule has 2 rings (SSSR count). The smallest absolute Gasteiger partial charge is 0.243 e. The van der Waals surface area contributed by atoms with Crippen LogP contribution < -0.4 is 15.4 Å². The highest BCUT2D eigenvalue weighted by molar-refractivity contribution is 14.1. The maximum atomic E-state index is 13.4. The van der Waals surface area contributed by atoms with Gasteiger partial charge in [-0.1, -0.05) is 29.5 Å². The number of nitrogens with zero attached hydrogens (tertiary/aromatic N) is 2. The van der Waals surface area contributed by atoms with Gasteiger partial charge in [-0.15, -0.1) is 0 Å². The topological polar surface area (TPSA) is 91.0 Å². The summed E-state index contributed by atoms with van der Waals surface area (Å²) < 4.78 is 34.1. The van der Waals surface area contributed by atoms with Crippen LogP contribution in [0.15, 0.2) is 41.3 Å². The Kier molecular flexibility index (Phi) is 11.1. The molecule has 0 atom stereocenters. The number of sulfonamides is 1. The van der Waals surface area contributed by atoms with Crippen molar-refractivity contribution in [3.63, 3.8) is 0 Å². The van der Waals surface area contributed by atoms with Crippen LogP contribution in [0.2, 0.25) is 0 Å². The monoisotopic (exact) mass is 602 g/mol. The quantitative estimate of drug-likeness (QED) is 0.267. The second-order valence-electron chi connectivity index (χ2n) is 8.17. The number of rotatable bonds is 13. The molecule has 0 unspecified atom stereocenters. The summed E-state index contributed by atoms with van der Waals surface area (Å²) >= 11 is 2.15. The fraction of sp³-hybridized carbons (Fsp3) is 0.458. The number of halogens is 1.